The molecule has 0 N–H and O–H groups in total. The van der Waals surface area contributed by atoms with Gasteiger partial charge in [-0.3, -0.25) is 4.79 Å². The molecule has 106 valence electrons. The van der Waals surface area contributed by atoms with E-state index in [9.17, 15) is 9.18 Å². The molecule has 2 rings (SSSR count). The molecule has 2 aromatic rings. The summed E-state index contributed by atoms with van der Waals surface area (Å²) < 4.78 is 17.9. The van der Waals surface area contributed by atoms with Crippen molar-refractivity contribution in [2.45, 2.75) is 0 Å². The molecule has 0 heterocycles. The van der Waals surface area contributed by atoms with Crippen LogP contribution in [-0.4, -0.2) is 12.9 Å². The Labute approximate surface area is 123 Å². The lowest BCUT2D eigenvalue weighted by atomic mass is 10.1. The standard InChI is InChI=1S/C18H15FO2/c1-21-18-4-2-3-15(13-18)8-12-17(20)11-7-14-5-9-16(19)10-6-14/h2-13H,1H3/b11-7+,12-8+. The van der Waals surface area contributed by atoms with Gasteiger partial charge in [-0.05, 0) is 47.5 Å². The third-order valence-electron chi connectivity index (χ3n) is 2.84. The molecule has 0 aliphatic rings. The van der Waals surface area contributed by atoms with Gasteiger partial charge in [-0.1, -0.05) is 36.4 Å². The SMILES string of the molecule is COc1cccc(/C=C/C(=O)/C=C/c2ccc(F)cc2)c1. The molecular formula is C18H15FO2. The number of halogens is 1. The highest BCUT2D eigenvalue weighted by molar-refractivity contribution is 6.04. The van der Waals surface area contributed by atoms with Crippen molar-refractivity contribution in [2.75, 3.05) is 7.11 Å². The fraction of sp³-hybridized carbons (Fsp3) is 0.0556. The molecule has 0 aromatic heterocycles. The number of ether oxygens (including phenoxy) is 1. The first-order chi connectivity index (χ1) is 10.2. The Morgan fingerprint density at radius 1 is 1.00 bits per heavy atom. The van der Waals surface area contributed by atoms with Crippen molar-refractivity contribution in [3.63, 3.8) is 0 Å². The number of hydrogen-bond acceptors (Lipinski definition) is 2. The second-order valence-corrected chi connectivity index (χ2v) is 4.40. The van der Waals surface area contributed by atoms with Crippen LogP contribution < -0.4 is 4.74 Å². The van der Waals surface area contributed by atoms with Crippen LogP contribution in [-0.2, 0) is 4.79 Å². The minimum absolute atomic E-state index is 0.137. The van der Waals surface area contributed by atoms with Crippen LogP contribution in [0.25, 0.3) is 12.2 Å². The van der Waals surface area contributed by atoms with E-state index in [0.29, 0.717) is 0 Å². The first-order valence-corrected chi connectivity index (χ1v) is 6.47. The average Bonchev–Trinajstić information content (AvgIpc) is 2.52. The van der Waals surface area contributed by atoms with E-state index in [4.69, 9.17) is 4.74 Å². The van der Waals surface area contributed by atoms with Gasteiger partial charge >= 0.3 is 0 Å². The molecule has 0 atom stereocenters. The van der Waals surface area contributed by atoms with Crippen LogP contribution >= 0.6 is 0 Å². The van der Waals surface area contributed by atoms with E-state index in [2.05, 4.69) is 0 Å². The third-order valence-corrected chi connectivity index (χ3v) is 2.84. The number of hydrogen-bond donors (Lipinski definition) is 0. The molecule has 2 nitrogen and oxygen atoms in total. The van der Waals surface area contributed by atoms with E-state index in [-0.39, 0.29) is 11.6 Å². The molecule has 0 amide bonds. The summed E-state index contributed by atoms with van der Waals surface area (Å²) in [6.45, 7) is 0. The Bertz CT molecular complexity index is 670. The molecule has 0 aliphatic heterocycles. The highest BCUT2D eigenvalue weighted by atomic mass is 19.1. The quantitative estimate of drug-likeness (QED) is 0.771. The lowest BCUT2D eigenvalue weighted by Gasteiger charge is -1.99. The van der Waals surface area contributed by atoms with Crippen LogP contribution in [0.15, 0.2) is 60.7 Å². The maximum Gasteiger partial charge on any atom is 0.178 e. The summed E-state index contributed by atoms with van der Waals surface area (Å²) in [4.78, 5) is 11.7. The van der Waals surface area contributed by atoms with Crippen molar-refractivity contribution in [3.05, 3.63) is 77.6 Å². The zero-order valence-corrected chi connectivity index (χ0v) is 11.6. The zero-order chi connectivity index (χ0) is 15.1. The van der Waals surface area contributed by atoms with E-state index < -0.39 is 0 Å². The van der Waals surface area contributed by atoms with E-state index in [1.165, 1.54) is 24.3 Å². The molecule has 3 heteroatoms. The molecule has 21 heavy (non-hydrogen) atoms. The van der Waals surface area contributed by atoms with Crippen LogP contribution in [0.4, 0.5) is 4.39 Å². The highest BCUT2D eigenvalue weighted by Gasteiger charge is 1.94. The largest absolute Gasteiger partial charge is 0.497 e. The van der Waals surface area contributed by atoms with Crippen molar-refractivity contribution in [2.24, 2.45) is 0 Å². The van der Waals surface area contributed by atoms with E-state index in [1.807, 2.05) is 24.3 Å². The van der Waals surface area contributed by atoms with Gasteiger partial charge in [0.25, 0.3) is 0 Å². The number of carbonyl (C=O) groups excluding carboxylic acids is 1. The molecule has 0 saturated heterocycles. The Hall–Kier alpha value is -2.68. The maximum absolute atomic E-state index is 12.7. The summed E-state index contributed by atoms with van der Waals surface area (Å²) in [6.07, 6.45) is 6.30. The first-order valence-electron chi connectivity index (χ1n) is 6.47. The van der Waals surface area contributed by atoms with Gasteiger partial charge in [0.05, 0.1) is 7.11 Å². The van der Waals surface area contributed by atoms with Crippen LogP contribution in [0.2, 0.25) is 0 Å². The summed E-state index contributed by atoms with van der Waals surface area (Å²) >= 11 is 0. The summed E-state index contributed by atoms with van der Waals surface area (Å²) in [5, 5.41) is 0. The molecule has 0 saturated carbocycles. The molecule has 0 unspecified atom stereocenters. The lowest BCUT2D eigenvalue weighted by Crippen LogP contribution is -1.86. The number of benzene rings is 2. The van der Waals surface area contributed by atoms with Crippen molar-refractivity contribution < 1.29 is 13.9 Å². The lowest BCUT2D eigenvalue weighted by molar-refractivity contribution is -0.110. The van der Waals surface area contributed by atoms with Crippen LogP contribution in [0, 0.1) is 5.82 Å². The van der Waals surface area contributed by atoms with E-state index in [1.54, 1.807) is 31.4 Å². The summed E-state index contributed by atoms with van der Waals surface area (Å²) in [7, 11) is 1.60. The summed E-state index contributed by atoms with van der Waals surface area (Å²) in [6, 6.07) is 13.4. The maximum atomic E-state index is 12.7. The van der Waals surface area contributed by atoms with Crippen molar-refractivity contribution in [3.8, 4) is 5.75 Å². The second kappa shape index (κ2) is 7.20. The number of carbonyl (C=O) groups is 1. The minimum Gasteiger partial charge on any atom is -0.497 e. The predicted octanol–water partition coefficient (Wildman–Crippen LogP) is 4.13. The predicted molar refractivity (Wildman–Crippen MR) is 82.5 cm³/mol. The monoisotopic (exact) mass is 282 g/mol. The topological polar surface area (TPSA) is 26.3 Å². The number of allylic oxidation sites excluding steroid dienone is 2. The van der Waals surface area contributed by atoms with Gasteiger partial charge in [-0.2, -0.15) is 0 Å². The number of rotatable bonds is 5. The minimum atomic E-state index is -0.295. The highest BCUT2D eigenvalue weighted by Crippen LogP contribution is 2.13. The van der Waals surface area contributed by atoms with E-state index in [0.717, 1.165) is 16.9 Å². The Kier molecular flexibility index (Phi) is 5.04. The fourth-order valence-electron chi connectivity index (χ4n) is 1.73. The zero-order valence-electron chi connectivity index (χ0n) is 11.6. The average molecular weight is 282 g/mol. The van der Waals surface area contributed by atoms with Gasteiger partial charge < -0.3 is 4.74 Å². The van der Waals surface area contributed by atoms with Crippen LogP contribution in [0.1, 0.15) is 11.1 Å². The smallest absolute Gasteiger partial charge is 0.178 e. The number of methoxy groups -OCH3 is 1. The van der Waals surface area contributed by atoms with Gasteiger partial charge in [0.15, 0.2) is 5.78 Å². The molecule has 0 aliphatic carbocycles. The fourth-order valence-corrected chi connectivity index (χ4v) is 1.73. The van der Waals surface area contributed by atoms with Gasteiger partial charge in [0, 0.05) is 0 Å². The molecule has 2 aromatic carbocycles. The van der Waals surface area contributed by atoms with Gasteiger partial charge in [-0.15, -0.1) is 0 Å². The molecule has 0 spiro atoms. The van der Waals surface area contributed by atoms with Gasteiger partial charge in [0.2, 0.25) is 0 Å². The van der Waals surface area contributed by atoms with Crippen LogP contribution in [0.3, 0.4) is 0 Å². The summed E-state index contributed by atoms with van der Waals surface area (Å²) in [5.41, 5.74) is 1.66. The third kappa shape index (κ3) is 4.73. The number of ketones is 1. The molecule has 0 fully saturated rings. The van der Waals surface area contributed by atoms with Crippen LogP contribution in [0.5, 0.6) is 5.75 Å². The Morgan fingerprint density at radius 2 is 1.67 bits per heavy atom. The summed E-state index contributed by atoms with van der Waals surface area (Å²) in [5.74, 6) is 0.310. The van der Waals surface area contributed by atoms with Gasteiger partial charge in [-0.25, -0.2) is 4.39 Å². The first kappa shape index (κ1) is 14.7. The molecular weight excluding hydrogens is 267 g/mol. The second-order valence-electron chi connectivity index (χ2n) is 4.40. The van der Waals surface area contributed by atoms with Crippen molar-refractivity contribution in [1.82, 2.24) is 0 Å². The molecule has 0 bridgehead atoms. The Balaban J connectivity index is 2.00. The molecule has 0 radical (unpaired) electrons. The Morgan fingerprint density at radius 3 is 2.33 bits per heavy atom. The van der Waals surface area contributed by atoms with Crippen molar-refractivity contribution in [1.29, 1.82) is 0 Å². The van der Waals surface area contributed by atoms with Crippen molar-refractivity contribution >= 4 is 17.9 Å². The van der Waals surface area contributed by atoms with E-state index >= 15 is 0 Å². The van der Waals surface area contributed by atoms with Gasteiger partial charge in [0.1, 0.15) is 11.6 Å². The normalized spacial score (nSPS) is 11.1.